The van der Waals surface area contributed by atoms with E-state index in [-0.39, 0.29) is 18.1 Å². The summed E-state index contributed by atoms with van der Waals surface area (Å²) in [5.74, 6) is -0.232. The molecule has 2 heterocycles. The third-order valence-electron chi connectivity index (χ3n) is 4.30. The van der Waals surface area contributed by atoms with E-state index in [1.54, 1.807) is 6.33 Å². The molecule has 1 aromatic heterocycles. The second-order valence-electron chi connectivity index (χ2n) is 5.81. The molecule has 3 rings (SSSR count). The highest BCUT2D eigenvalue weighted by Gasteiger charge is 2.32. The number of hydrogen-bond acceptors (Lipinski definition) is 4. The highest BCUT2D eigenvalue weighted by Crippen LogP contribution is 2.33. The van der Waals surface area contributed by atoms with Crippen LogP contribution < -0.4 is 0 Å². The minimum absolute atomic E-state index is 0.0241. The summed E-state index contributed by atoms with van der Waals surface area (Å²) in [5.41, 5.74) is 3.17. The van der Waals surface area contributed by atoms with Crippen LogP contribution in [-0.2, 0) is 15.9 Å². The van der Waals surface area contributed by atoms with E-state index < -0.39 is 0 Å². The Hall–Kier alpha value is -1.76. The van der Waals surface area contributed by atoms with Crippen molar-refractivity contribution in [2.24, 2.45) is 0 Å². The van der Waals surface area contributed by atoms with Crippen LogP contribution in [0.1, 0.15) is 36.8 Å². The third kappa shape index (κ3) is 3.66. The van der Waals surface area contributed by atoms with Crippen LogP contribution in [0.2, 0.25) is 0 Å². The van der Waals surface area contributed by atoms with Crippen molar-refractivity contribution < 1.29 is 13.9 Å². The first-order valence-electron chi connectivity index (χ1n) is 8.47. The van der Waals surface area contributed by atoms with Crippen LogP contribution in [0.3, 0.4) is 0 Å². The van der Waals surface area contributed by atoms with Crippen LogP contribution in [-0.4, -0.2) is 47.5 Å². The van der Waals surface area contributed by atoms with Crippen LogP contribution in [0.5, 0.6) is 0 Å². The molecule has 5 nitrogen and oxygen atoms in total. The van der Waals surface area contributed by atoms with E-state index in [0.29, 0.717) is 19.8 Å². The predicted molar refractivity (Wildman–Crippen MR) is 89.1 cm³/mol. The fourth-order valence-electron chi connectivity index (χ4n) is 3.25. The molecule has 2 aromatic rings. The number of hydrogen-bond donors (Lipinski definition) is 1. The highest BCUT2D eigenvalue weighted by molar-refractivity contribution is 5.32. The molecule has 1 aromatic carbocycles. The SMILES string of the molecule is CCOC(CN1CCc2[nH]cnc2[C@@H]1c1ccc(F)cc1)OCC. The molecule has 1 N–H and O–H groups in total. The van der Waals surface area contributed by atoms with Gasteiger partial charge in [-0.05, 0) is 31.5 Å². The normalized spacial score (nSPS) is 18.1. The molecule has 0 spiro atoms. The van der Waals surface area contributed by atoms with Crippen molar-refractivity contribution in [3.05, 3.63) is 53.4 Å². The van der Waals surface area contributed by atoms with Gasteiger partial charge in [0.15, 0.2) is 6.29 Å². The van der Waals surface area contributed by atoms with Gasteiger partial charge in [-0.15, -0.1) is 0 Å². The molecule has 0 radical (unpaired) electrons. The molecule has 24 heavy (non-hydrogen) atoms. The fourth-order valence-corrected chi connectivity index (χ4v) is 3.25. The second kappa shape index (κ2) is 7.88. The summed E-state index contributed by atoms with van der Waals surface area (Å²) >= 11 is 0. The second-order valence-corrected chi connectivity index (χ2v) is 5.81. The Labute approximate surface area is 141 Å². The number of benzene rings is 1. The first kappa shape index (κ1) is 17.1. The van der Waals surface area contributed by atoms with E-state index in [9.17, 15) is 4.39 Å². The minimum Gasteiger partial charge on any atom is -0.352 e. The number of H-pyrrole nitrogens is 1. The van der Waals surface area contributed by atoms with Gasteiger partial charge in [-0.2, -0.15) is 0 Å². The maximum Gasteiger partial charge on any atom is 0.170 e. The lowest BCUT2D eigenvalue weighted by molar-refractivity contribution is -0.150. The average Bonchev–Trinajstić information content (AvgIpc) is 3.05. The highest BCUT2D eigenvalue weighted by atomic mass is 19.1. The van der Waals surface area contributed by atoms with Gasteiger partial charge in [0.2, 0.25) is 0 Å². The standard InChI is InChI=1S/C18H24FN3O2/c1-3-23-16(24-4-2)11-22-10-9-15-17(21-12-20-15)18(22)13-5-7-14(19)8-6-13/h5-8,12,16,18H,3-4,9-11H2,1-2H3,(H,20,21)/t18-/m0/s1. The summed E-state index contributed by atoms with van der Waals surface area (Å²) in [6.07, 6.45) is 2.36. The topological polar surface area (TPSA) is 50.4 Å². The van der Waals surface area contributed by atoms with Crippen molar-refractivity contribution in [3.63, 3.8) is 0 Å². The van der Waals surface area contributed by atoms with E-state index in [0.717, 1.165) is 29.9 Å². The Bertz CT molecular complexity index is 638. The average molecular weight is 333 g/mol. The molecule has 0 amide bonds. The van der Waals surface area contributed by atoms with Crippen LogP contribution in [0, 0.1) is 5.82 Å². The predicted octanol–water partition coefficient (Wildman–Crippen LogP) is 2.90. The molecule has 0 fully saturated rings. The number of imidazole rings is 1. The summed E-state index contributed by atoms with van der Waals surface area (Å²) in [6.45, 7) is 6.65. The van der Waals surface area contributed by atoms with Gasteiger partial charge in [0.1, 0.15) is 5.82 Å². The molecular formula is C18H24FN3O2. The maximum atomic E-state index is 13.3. The molecule has 0 saturated heterocycles. The van der Waals surface area contributed by atoms with Gasteiger partial charge in [0, 0.05) is 31.9 Å². The van der Waals surface area contributed by atoms with Crippen LogP contribution in [0.15, 0.2) is 30.6 Å². The van der Waals surface area contributed by atoms with Gasteiger partial charge in [-0.3, -0.25) is 4.90 Å². The zero-order valence-electron chi connectivity index (χ0n) is 14.2. The Morgan fingerprint density at radius 2 is 1.96 bits per heavy atom. The number of fused-ring (bicyclic) bond motifs is 1. The lowest BCUT2D eigenvalue weighted by Crippen LogP contribution is -2.42. The Balaban J connectivity index is 1.88. The van der Waals surface area contributed by atoms with Gasteiger partial charge in [-0.1, -0.05) is 12.1 Å². The van der Waals surface area contributed by atoms with E-state index in [1.165, 1.54) is 12.1 Å². The first-order chi connectivity index (χ1) is 11.7. The van der Waals surface area contributed by atoms with E-state index in [2.05, 4.69) is 14.9 Å². The van der Waals surface area contributed by atoms with Crippen molar-refractivity contribution in [3.8, 4) is 0 Å². The van der Waals surface area contributed by atoms with Crippen LogP contribution >= 0.6 is 0 Å². The van der Waals surface area contributed by atoms with Gasteiger partial charge in [-0.25, -0.2) is 9.37 Å². The van der Waals surface area contributed by atoms with E-state index >= 15 is 0 Å². The molecular weight excluding hydrogens is 309 g/mol. The van der Waals surface area contributed by atoms with Gasteiger partial charge < -0.3 is 14.5 Å². The molecule has 1 aliphatic heterocycles. The molecule has 130 valence electrons. The van der Waals surface area contributed by atoms with Crippen LogP contribution in [0.25, 0.3) is 0 Å². The monoisotopic (exact) mass is 333 g/mol. The number of aromatic nitrogens is 2. The van der Waals surface area contributed by atoms with Crippen molar-refractivity contribution in [2.45, 2.75) is 32.6 Å². The van der Waals surface area contributed by atoms with Crippen molar-refractivity contribution in [2.75, 3.05) is 26.3 Å². The summed E-state index contributed by atoms with van der Waals surface area (Å²) in [6, 6.07) is 6.62. The molecule has 0 aliphatic carbocycles. The Morgan fingerprint density at radius 1 is 1.25 bits per heavy atom. The number of nitrogens with one attached hydrogen (secondary N) is 1. The smallest absolute Gasteiger partial charge is 0.170 e. The number of rotatable bonds is 7. The lowest BCUT2D eigenvalue weighted by atomic mass is 9.95. The van der Waals surface area contributed by atoms with Crippen molar-refractivity contribution in [1.29, 1.82) is 0 Å². The maximum absolute atomic E-state index is 13.3. The van der Waals surface area contributed by atoms with Gasteiger partial charge in [0.05, 0.1) is 24.6 Å². The summed E-state index contributed by atoms with van der Waals surface area (Å²) < 4.78 is 24.7. The number of ether oxygens (including phenoxy) is 2. The minimum atomic E-state index is -0.275. The first-order valence-corrected chi connectivity index (χ1v) is 8.47. The fraction of sp³-hybridized carbons (Fsp3) is 0.500. The Morgan fingerprint density at radius 3 is 2.62 bits per heavy atom. The zero-order valence-corrected chi connectivity index (χ0v) is 14.2. The van der Waals surface area contributed by atoms with Crippen molar-refractivity contribution in [1.82, 2.24) is 14.9 Å². The lowest BCUT2D eigenvalue weighted by Gasteiger charge is -2.37. The largest absolute Gasteiger partial charge is 0.352 e. The van der Waals surface area contributed by atoms with E-state index in [1.807, 2.05) is 26.0 Å². The zero-order chi connectivity index (χ0) is 16.9. The molecule has 0 unspecified atom stereocenters. The summed E-state index contributed by atoms with van der Waals surface area (Å²) in [7, 11) is 0. The third-order valence-corrected chi connectivity index (χ3v) is 4.30. The number of nitrogens with zero attached hydrogens (tertiary/aromatic N) is 2. The summed E-state index contributed by atoms with van der Waals surface area (Å²) in [4.78, 5) is 10.0. The molecule has 1 atom stereocenters. The van der Waals surface area contributed by atoms with Gasteiger partial charge >= 0.3 is 0 Å². The van der Waals surface area contributed by atoms with Gasteiger partial charge in [0.25, 0.3) is 0 Å². The molecule has 6 heteroatoms. The summed E-state index contributed by atoms with van der Waals surface area (Å²) in [5, 5.41) is 0. The molecule has 0 saturated carbocycles. The van der Waals surface area contributed by atoms with E-state index in [4.69, 9.17) is 9.47 Å². The van der Waals surface area contributed by atoms with Crippen LogP contribution in [0.4, 0.5) is 4.39 Å². The van der Waals surface area contributed by atoms with Crippen molar-refractivity contribution >= 4 is 0 Å². The number of aromatic amines is 1. The quantitative estimate of drug-likeness (QED) is 0.792. The molecule has 1 aliphatic rings. The number of halogens is 1. The molecule has 0 bridgehead atoms. The Kier molecular flexibility index (Phi) is 5.60.